The third-order valence-electron chi connectivity index (χ3n) is 3.38. The molecule has 0 saturated heterocycles. The molecule has 2 aromatic rings. The lowest BCUT2D eigenvalue weighted by molar-refractivity contribution is -0.145. The average molecular weight is 387 g/mol. The molecule has 0 fully saturated rings. The standard InChI is InChI=1S/C18H17Cl2FO4/c1-2-24-18(23)9-16(22)12-4-6-17(15(21)8-12)25-10-11-3-5-13(19)14(20)7-11/h3-8,16,22H,2,9-10H2,1H3. The van der Waals surface area contributed by atoms with Crippen molar-refractivity contribution in [3.63, 3.8) is 0 Å². The fourth-order valence-electron chi connectivity index (χ4n) is 2.13. The third-order valence-corrected chi connectivity index (χ3v) is 4.12. The van der Waals surface area contributed by atoms with E-state index in [2.05, 4.69) is 0 Å². The number of carbonyl (C=O) groups is 1. The van der Waals surface area contributed by atoms with Crippen LogP contribution in [0.15, 0.2) is 36.4 Å². The molecule has 0 radical (unpaired) electrons. The Labute approximate surface area is 155 Å². The van der Waals surface area contributed by atoms with Crippen LogP contribution < -0.4 is 4.74 Å². The molecule has 0 heterocycles. The van der Waals surface area contributed by atoms with E-state index in [4.69, 9.17) is 32.7 Å². The third kappa shape index (κ3) is 5.59. The Morgan fingerprint density at radius 2 is 1.96 bits per heavy atom. The summed E-state index contributed by atoms with van der Waals surface area (Å²) in [6.07, 6.45) is -1.38. The minimum atomic E-state index is -1.14. The van der Waals surface area contributed by atoms with E-state index < -0.39 is 17.9 Å². The van der Waals surface area contributed by atoms with Crippen LogP contribution in [0, 0.1) is 5.82 Å². The molecule has 0 spiro atoms. The maximum absolute atomic E-state index is 14.1. The fourth-order valence-corrected chi connectivity index (χ4v) is 2.45. The molecule has 2 aromatic carbocycles. The highest BCUT2D eigenvalue weighted by Gasteiger charge is 2.16. The fraction of sp³-hybridized carbons (Fsp3) is 0.278. The second-order valence-electron chi connectivity index (χ2n) is 5.25. The van der Waals surface area contributed by atoms with E-state index in [1.54, 1.807) is 25.1 Å². The molecular formula is C18H17Cl2FO4. The second-order valence-corrected chi connectivity index (χ2v) is 6.07. The van der Waals surface area contributed by atoms with Gasteiger partial charge in [-0.15, -0.1) is 0 Å². The number of aliphatic hydroxyl groups is 1. The number of carbonyl (C=O) groups excluding carboxylic acids is 1. The lowest BCUT2D eigenvalue weighted by Crippen LogP contribution is -2.10. The van der Waals surface area contributed by atoms with Gasteiger partial charge in [-0.2, -0.15) is 0 Å². The largest absolute Gasteiger partial charge is 0.486 e. The molecular weight excluding hydrogens is 370 g/mol. The Bertz CT molecular complexity index is 752. The van der Waals surface area contributed by atoms with Crippen molar-refractivity contribution in [3.8, 4) is 5.75 Å². The van der Waals surface area contributed by atoms with Crippen LogP contribution in [0.4, 0.5) is 4.39 Å². The molecule has 1 atom stereocenters. The van der Waals surface area contributed by atoms with Crippen LogP contribution >= 0.6 is 23.2 Å². The Balaban J connectivity index is 2.01. The zero-order valence-corrected chi connectivity index (χ0v) is 15.0. The van der Waals surface area contributed by atoms with Crippen LogP contribution in [0.2, 0.25) is 10.0 Å². The number of aliphatic hydroxyl groups excluding tert-OH is 1. The van der Waals surface area contributed by atoms with Gasteiger partial charge in [0, 0.05) is 0 Å². The lowest BCUT2D eigenvalue weighted by atomic mass is 10.1. The van der Waals surface area contributed by atoms with Crippen LogP contribution in [0.5, 0.6) is 5.75 Å². The zero-order valence-electron chi connectivity index (χ0n) is 13.5. The predicted octanol–water partition coefficient (Wildman–Crippen LogP) is 4.70. The molecule has 0 bridgehead atoms. The Morgan fingerprint density at radius 3 is 2.60 bits per heavy atom. The van der Waals surface area contributed by atoms with Gasteiger partial charge < -0.3 is 14.6 Å². The summed E-state index contributed by atoms with van der Waals surface area (Å²) in [6, 6.07) is 9.03. The summed E-state index contributed by atoms with van der Waals surface area (Å²) in [5.41, 5.74) is 1.01. The van der Waals surface area contributed by atoms with Gasteiger partial charge in [0.05, 0.1) is 29.2 Å². The minimum absolute atomic E-state index is 0.0261. The highest BCUT2D eigenvalue weighted by atomic mass is 35.5. The first-order valence-corrected chi connectivity index (χ1v) is 8.36. The first kappa shape index (κ1) is 19.5. The topological polar surface area (TPSA) is 55.8 Å². The molecule has 1 unspecified atom stereocenters. The quantitative estimate of drug-likeness (QED) is 0.700. The van der Waals surface area contributed by atoms with E-state index >= 15 is 0 Å². The number of benzene rings is 2. The van der Waals surface area contributed by atoms with Crippen molar-refractivity contribution < 1.29 is 23.8 Å². The van der Waals surface area contributed by atoms with E-state index in [9.17, 15) is 14.3 Å². The summed E-state index contributed by atoms with van der Waals surface area (Å²) in [6.45, 7) is 2.00. The zero-order chi connectivity index (χ0) is 18.4. The number of ether oxygens (including phenoxy) is 2. The maximum atomic E-state index is 14.1. The van der Waals surface area contributed by atoms with Crippen molar-refractivity contribution in [1.82, 2.24) is 0 Å². The predicted molar refractivity (Wildman–Crippen MR) is 93.4 cm³/mol. The van der Waals surface area contributed by atoms with Gasteiger partial charge >= 0.3 is 5.97 Å². The van der Waals surface area contributed by atoms with E-state index in [-0.39, 0.29) is 30.9 Å². The molecule has 134 valence electrons. The van der Waals surface area contributed by atoms with Crippen molar-refractivity contribution >= 4 is 29.2 Å². The molecule has 7 heteroatoms. The Hall–Kier alpha value is -1.82. The van der Waals surface area contributed by atoms with Crippen LogP contribution in [0.25, 0.3) is 0 Å². The first-order valence-electron chi connectivity index (χ1n) is 7.60. The van der Waals surface area contributed by atoms with Gasteiger partial charge in [-0.1, -0.05) is 35.3 Å². The van der Waals surface area contributed by atoms with E-state index in [1.807, 2.05) is 0 Å². The van der Waals surface area contributed by atoms with Gasteiger partial charge in [-0.25, -0.2) is 4.39 Å². The van der Waals surface area contributed by atoms with Gasteiger partial charge in [0.15, 0.2) is 11.6 Å². The number of halogens is 3. The van der Waals surface area contributed by atoms with Crippen LogP contribution in [-0.4, -0.2) is 17.7 Å². The molecule has 4 nitrogen and oxygen atoms in total. The van der Waals surface area contributed by atoms with Gasteiger partial charge in [-0.3, -0.25) is 4.79 Å². The number of rotatable bonds is 7. The number of hydrogen-bond donors (Lipinski definition) is 1. The monoisotopic (exact) mass is 386 g/mol. The molecule has 0 aliphatic rings. The summed E-state index contributed by atoms with van der Waals surface area (Å²) in [4.78, 5) is 11.4. The molecule has 0 saturated carbocycles. The van der Waals surface area contributed by atoms with Crippen molar-refractivity contribution in [2.45, 2.75) is 26.1 Å². The summed E-state index contributed by atoms with van der Waals surface area (Å²) < 4.78 is 24.3. The lowest BCUT2D eigenvalue weighted by Gasteiger charge is -2.13. The van der Waals surface area contributed by atoms with Crippen molar-refractivity contribution in [1.29, 1.82) is 0 Å². The van der Waals surface area contributed by atoms with Crippen molar-refractivity contribution in [3.05, 3.63) is 63.4 Å². The van der Waals surface area contributed by atoms with E-state index in [1.165, 1.54) is 12.1 Å². The smallest absolute Gasteiger partial charge is 0.308 e. The highest BCUT2D eigenvalue weighted by molar-refractivity contribution is 6.42. The van der Waals surface area contributed by atoms with Crippen molar-refractivity contribution in [2.75, 3.05) is 6.61 Å². The summed E-state index contributed by atoms with van der Waals surface area (Å²) in [5, 5.41) is 10.8. The second kappa shape index (κ2) is 9.04. The molecule has 2 rings (SSSR count). The van der Waals surface area contributed by atoms with E-state index in [0.717, 1.165) is 11.6 Å². The molecule has 0 aliphatic carbocycles. The summed E-state index contributed by atoms with van der Waals surface area (Å²) in [7, 11) is 0. The molecule has 0 aliphatic heterocycles. The van der Waals surface area contributed by atoms with Crippen LogP contribution in [0.3, 0.4) is 0 Å². The summed E-state index contributed by atoms with van der Waals surface area (Å²) in [5.74, 6) is -1.16. The molecule has 0 aromatic heterocycles. The Morgan fingerprint density at radius 1 is 1.20 bits per heavy atom. The highest BCUT2D eigenvalue weighted by Crippen LogP contribution is 2.26. The van der Waals surface area contributed by atoms with Gasteiger partial charge in [0.2, 0.25) is 0 Å². The average Bonchev–Trinajstić information content (AvgIpc) is 2.56. The molecule has 25 heavy (non-hydrogen) atoms. The van der Waals surface area contributed by atoms with Crippen LogP contribution in [-0.2, 0) is 16.1 Å². The Kier molecular flexibility index (Phi) is 7.05. The normalized spacial score (nSPS) is 11.9. The van der Waals surface area contributed by atoms with Gasteiger partial charge in [0.1, 0.15) is 6.61 Å². The minimum Gasteiger partial charge on any atom is -0.486 e. The van der Waals surface area contributed by atoms with Crippen LogP contribution in [0.1, 0.15) is 30.6 Å². The van der Waals surface area contributed by atoms with Gasteiger partial charge in [-0.05, 0) is 42.3 Å². The van der Waals surface area contributed by atoms with Crippen molar-refractivity contribution in [2.24, 2.45) is 0 Å². The first-order chi connectivity index (χ1) is 11.9. The van der Waals surface area contributed by atoms with Gasteiger partial charge in [0.25, 0.3) is 0 Å². The summed E-state index contributed by atoms with van der Waals surface area (Å²) >= 11 is 11.8. The van der Waals surface area contributed by atoms with E-state index in [0.29, 0.717) is 10.0 Å². The number of hydrogen-bond acceptors (Lipinski definition) is 4. The SMILES string of the molecule is CCOC(=O)CC(O)c1ccc(OCc2ccc(Cl)c(Cl)c2)c(F)c1. The molecule has 0 amide bonds. The molecule has 1 N–H and O–H groups in total. The maximum Gasteiger partial charge on any atom is 0.308 e. The number of esters is 1.